The zero-order chi connectivity index (χ0) is 17.9. The maximum absolute atomic E-state index is 12.2. The Labute approximate surface area is 154 Å². The Bertz CT molecular complexity index is 616. The Morgan fingerprint density at radius 3 is 2.85 bits per heavy atom. The lowest BCUT2D eigenvalue weighted by Crippen LogP contribution is -2.41. The number of hydrogen-bond acceptors (Lipinski definition) is 6. The van der Waals surface area contributed by atoms with Crippen LogP contribution in [0.3, 0.4) is 0 Å². The third-order valence-corrected chi connectivity index (χ3v) is 5.68. The largest absolute Gasteiger partial charge is 0.442 e. The maximum Gasteiger partial charge on any atom is 0.410 e. The molecule has 8 heteroatoms. The summed E-state index contributed by atoms with van der Waals surface area (Å²) in [5.74, 6) is 1.08. The smallest absolute Gasteiger partial charge is 0.410 e. The third kappa shape index (κ3) is 3.72. The molecular weight excluding hydrogens is 334 g/mol. The van der Waals surface area contributed by atoms with E-state index in [-0.39, 0.29) is 18.2 Å². The minimum Gasteiger partial charge on any atom is -0.442 e. The van der Waals surface area contributed by atoms with Crippen molar-refractivity contribution in [2.24, 2.45) is 0 Å². The highest BCUT2D eigenvalue weighted by atomic mass is 16.6. The van der Waals surface area contributed by atoms with Gasteiger partial charge in [0.1, 0.15) is 11.9 Å². The summed E-state index contributed by atoms with van der Waals surface area (Å²) in [6.07, 6.45) is 4.71. The molecule has 4 rings (SSSR count). The number of imidazole rings is 1. The summed E-state index contributed by atoms with van der Waals surface area (Å²) in [6, 6.07) is 0.178. The van der Waals surface area contributed by atoms with Gasteiger partial charge in [0.15, 0.2) is 0 Å². The van der Waals surface area contributed by atoms with Crippen LogP contribution in [0.5, 0.6) is 0 Å². The number of rotatable bonds is 7. The van der Waals surface area contributed by atoms with Gasteiger partial charge >= 0.3 is 6.09 Å². The zero-order valence-electron chi connectivity index (χ0n) is 15.5. The summed E-state index contributed by atoms with van der Waals surface area (Å²) >= 11 is 0. The predicted octanol–water partition coefficient (Wildman–Crippen LogP) is 0.630. The van der Waals surface area contributed by atoms with Crippen molar-refractivity contribution in [2.75, 3.05) is 52.5 Å². The summed E-state index contributed by atoms with van der Waals surface area (Å²) in [7, 11) is 0. The van der Waals surface area contributed by atoms with Crippen molar-refractivity contribution >= 4 is 6.09 Å². The Kier molecular flexibility index (Phi) is 5.42. The number of carbonyl (C=O) groups is 1. The van der Waals surface area contributed by atoms with Crippen molar-refractivity contribution in [2.45, 2.75) is 38.6 Å². The second kappa shape index (κ2) is 7.94. The first kappa shape index (κ1) is 17.8. The average molecular weight is 363 g/mol. The number of aryl methyl sites for hydroxylation is 1. The molecule has 3 fully saturated rings. The summed E-state index contributed by atoms with van der Waals surface area (Å²) in [4.78, 5) is 23.4. The quantitative estimate of drug-likeness (QED) is 0.708. The molecule has 26 heavy (non-hydrogen) atoms. The van der Waals surface area contributed by atoms with Gasteiger partial charge in [0, 0.05) is 58.2 Å². The number of aromatic nitrogens is 2. The molecule has 0 spiro atoms. The summed E-state index contributed by atoms with van der Waals surface area (Å²) in [5, 5.41) is 0. The fourth-order valence-electron chi connectivity index (χ4n) is 4.24. The highest BCUT2D eigenvalue weighted by Gasteiger charge is 2.47. The number of nitrogens with zero attached hydrogens (tertiary/aromatic N) is 5. The predicted molar refractivity (Wildman–Crippen MR) is 95.8 cm³/mol. The molecule has 1 aromatic rings. The van der Waals surface area contributed by atoms with E-state index in [1.807, 2.05) is 17.3 Å². The van der Waals surface area contributed by atoms with Crippen molar-refractivity contribution in [3.8, 4) is 0 Å². The lowest BCUT2D eigenvalue weighted by atomic mass is 10.2. The highest BCUT2D eigenvalue weighted by molar-refractivity contribution is 5.71. The van der Waals surface area contributed by atoms with Crippen LogP contribution in [0.15, 0.2) is 12.4 Å². The number of likely N-dealkylation sites (tertiary alicyclic amines) is 1. The maximum atomic E-state index is 12.2. The average Bonchev–Trinajstić information content (AvgIpc) is 3.32. The van der Waals surface area contributed by atoms with Crippen molar-refractivity contribution < 1.29 is 14.3 Å². The molecule has 0 aliphatic carbocycles. The van der Waals surface area contributed by atoms with Crippen LogP contribution in [0.25, 0.3) is 0 Å². The molecule has 144 valence electrons. The van der Waals surface area contributed by atoms with Crippen molar-refractivity contribution in [1.29, 1.82) is 0 Å². The van der Waals surface area contributed by atoms with Crippen LogP contribution in [-0.2, 0) is 22.6 Å². The van der Waals surface area contributed by atoms with Crippen LogP contribution in [0.1, 0.15) is 19.2 Å². The molecule has 0 radical (unpaired) electrons. The molecule has 0 bridgehead atoms. The van der Waals surface area contributed by atoms with Gasteiger partial charge in [0.2, 0.25) is 0 Å². The molecule has 3 saturated heterocycles. The molecule has 8 nitrogen and oxygen atoms in total. The van der Waals surface area contributed by atoms with E-state index in [0.29, 0.717) is 0 Å². The van der Waals surface area contributed by atoms with Crippen molar-refractivity contribution in [1.82, 2.24) is 24.3 Å². The number of carbonyl (C=O) groups excluding carboxylic acids is 1. The molecule has 0 N–H and O–H groups in total. The van der Waals surface area contributed by atoms with Crippen LogP contribution in [0.4, 0.5) is 4.79 Å². The highest BCUT2D eigenvalue weighted by Crippen LogP contribution is 2.28. The summed E-state index contributed by atoms with van der Waals surface area (Å²) in [5.41, 5.74) is 0. The van der Waals surface area contributed by atoms with Gasteiger partial charge in [-0.1, -0.05) is 0 Å². The fourth-order valence-corrected chi connectivity index (χ4v) is 4.24. The van der Waals surface area contributed by atoms with E-state index in [2.05, 4.69) is 26.3 Å². The lowest BCUT2D eigenvalue weighted by molar-refractivity contribution is 0.0362. The van der Waals surface area contributed by atoms with Gasteiger partial charge in [0.25, 0.3) is 0 Å². The Morgan fingerprint density at radius 1 is 1.19 bits per heavy atom. The SMILES string of the molecule is CCn1ccnc1CN1C[C@H]2OC(=O)N(CCCN3CCOCC3)[C@H]2C1. The molecule has 0 saturated carbocycles. The van der Waals surface area contributed by atoms with E-state index in [1.54, 1.807) is 0 Å². The van der Waals surface area contributed by atoms with Gasteiger partial charge < -0.3 is 18.9 Å². The normalized spacial score (nSPS) is 27.1. The van der Waals surface area contributed by atoms with Crippen LogP contribution in [0, 0.1) is 0 Å². The zero-order valence-corrected chi connectivity index (χ0v) is 15.5. The first-order valence-corrected chi connectivity index (χ1v) is 9.74. The first-order chi connectivity index (χ1) is 12.7. The molecule has 3 aliphatic heterocycles. The Balaban J connectivity index is 1.28. The van der Waals surface area contributed by atoms with Gasteiger partial charge in [-0.05, 0) is 13.3 Å². The molecular formula is C18H29N5O3. The van der Waals surface area contributed by atoms with Crippen LogP contribution in [0.2, 0.25) is 0 Å². The molecule has 1 amide bonds. The standard InChI is InChI=1S/C18H29N5O3/c1-2-22-7-4-19-17(22)14-21-12-15-16(13-21)26-18(24)23(15)6-3-5-20-8-10-25-11-9-20/h4,7,15-16H,2-3,5-6,8-14H2,1H3/t15-,16+/m0/s1. The number of ether oxygens (including phenoxy) is 2. The van der Waals surface area contributed by atoms with E-state index < -0.39 is 0 Å². The first-order valence-electron chi connectivity index (χ1n) is 9.74. The second-order valence-corrected chi connectivity index (χ2v) is 7.31. The Hall–Kier alpha value is -1.64. The number of morpholine rings is 1. The minimum absolute atomic E-state index is 0.00377. The monoisotopic (exact) mass is 363 g/mol. The van der Waals surface area contributed by atoms with Gasteiger partial charge in [-0.2, -0.15) is 0 Å². The molecule has 3 aliphatic rings. The van der Waals surface area contributed by atoms with Gasteiger partial charge in [-0.15, -0.1) is 0 Å². The van der Waals surface area contributed by atoms with E-state index in [4.69, 9.17) is 9.47 Å². The molecule has 4 heterocycles. The fraction of sp³-hybridized carbons (Fsp3) is 0.778. The second-order valence-electron chi connectivity index (χ2n) is 7.31. The minimum atomic E-state index is -0.142. The summed E-state index contributed by atoms with van der Waals surface area (Å²) < 4.78 is 13.2. The molecule has 0 unspecified atom stereocenters. The van der Waals surface area contributed by atoms with Crippen LogP contribution < -0.4 is 0 Å². The van der Waals surface area contributed by atoms with E-state index in [9.17, 15) is 4.79 Å². The van der Waals surface area contributed by atoms with E-state index in [0.717, 1.165) is 77.8 Å². The van der Waals surface area contributed by atoms with Crippen LogP contribution >= 0.6 is 0 Å². The van der Waals surface area contributed by atoms with Gasteiger partial charge in [-0.25, -0.2) is 9.78 Å². The molecule has 1 aromatic heterocycles. The third-order valence-electron chi connectivity index (χ3n) is 5.68. The number of fused-ring (bicyclic) bond motifs is 1. The van der Waals surface area contributed by atoms with E-state index >= 15 is 0 Å². The summed E-state index contributed by atoms with van der Waals surface area (Å²) in [6.45, 7) is 10.9. The van der Waals surface area contributed by atoms with Gasteiger partial charge in [-0.3, -0.25) is 9.80 Å². The van der Waals surface area contributed by atoms with Crippen LogP contribution in [-0.4, -0.2) is 95.0 Å². The van der Waals surface area contributed by atoms with Crippen molar-refractivity contribution in [3.05, 3.63) is 18.2 Å². The number of hydrogen-bond donors (Lipinski definition) is 0. The lowest BCUT2D eigenvalue weighted by Gasteiger charge is -2.28. The topological polar surface area (TPSA) is 63.1 Å². The Morgan fingerprint density at radius 2 is 2.04 bits per heavy atom. The molecule has 2 atom stereocenters. The molecule has 0 aromatic carbocycles. The van der Waals surface area contributed by atoms with E-state index in [1.165, 1.54) is 0 Å². The number of amides is 1. The van der Waals surface area contributed by atoms with Gasteiger partial charge in [0.05, 0.1) is 25.8 Å². The van der Waals surface area contributed by atoms with Crippen molar-refractivity contribution in [3.63, 3.8) is 0 Å².